The standard InChI is InChI=1S/C26H28N6O3/c1-26(16-33)15-30-24-19(14-28-2)11-18(12-20(24)26)21-6-7-29-25(31-21)32-22-10-17(13-27)4-5-23(22)35-9-8-34-3/h4-7,10-12,14,30,33H,8-9,15-16H2,1-3H3,(H,29,31,32)/b28-14-/t26-/m1/s1. The number of aliphatic imine (C=N–C) groups is 1. The molecule has 9 heteroatoms. The Bertz CT molecular complexity index is 1290. The predicted octanol–water partition coefficient (Wildman–Crippen LogP) is 3.51. The van der Waals surface area contributed by atoms with Gasteiger partial charge in [-0.25, -0.2) is 9.97 Å². The minimum atomic E-state index is -0.401. The van der Waals surface area contributed by atoms with Gasteiger partial charge in [-0.15, -0.1) is 0 Å². The first-order valence-corrected chi connectivity index (χ1v) is 11.2. The Balaban J connectivity index is 1.70. The van der Waals surface area contributed by atoms with E-state index in [0.717, 1.165) is 22.4 Å². The molecule has 0 unspecified atom stereocenters. The summed E-state index contributed by atoms with van der Waals surface area (Å²) in [6.45, 7) is 3.51. The smallest absolute Gasteiger partial charge is 0.227 e. The highest BCUT2D eigenvalue weighted by Gasteiger charge is 2.35. The Hall–Kier alpha value is -4.00. The van der Waals surface area contributed by atoms with Gasteiger partial charge in [0.05, 0.1) is 36.2 Å². The van der Waals surface area contributed by atoms with Gasteiger partial charge in [-0.05, 0) is 42.0 Å². The molecule has 1 atom stereocenters. The van der Waals surface area contributed by atoms with Crippen molar-refractivity contribution in [1.82, 2.24) is 9.97 Å². The molecule has 0 amide bonds. The maximum absolute atomic E-state index is 10.1. The van der Waals surface area contributed by atoms with E-state index in [4.69, 9.17) is 14.5 Å². The first-order chi connectivity index (χ1) is 17.0. The number of benzene rings is 2. The molecule has 4 rings (SSSR count). The van der Waals surface area contributed by atoms with E-state index in [0.29, 0.717) is 48.4 Å². The molecule has 2 aromatic carbocycles. The van der Waals surface area contributed by atoms with Crippen LogP contribution in [0.15, 0.2) is 47.6 Å². The molecule has 1 aromatic heterocycles. The number of rotatable bonds is 9. The van der Waals surface area contributed by atoms with Crippen LogP contribution in [0.3, 0.4) is 0 Å². The van der Waals surface area contributed by atoms with Crippen molar-refractivity contribution in [3.05, 3.63) is 59.3 Å². The van der Waals surface area contributed by atoms with Crippen LogP contribution in [0.4, 0.5) is 17.3 Å². The van der Waals surface area contributed by atoms with Gasteiger partial charge in [-0.1, -0.05) is 6.92 Å². The van der Waals surface area contributed by atoms with E-state index in [1.807, 2.05) is 19.1 Å². The van der Waals surface area contributed by atoms with Crippen LogP contribution in [0.25, 0.3) is 11.3 Å². The Labute approximate surface area is 204 Å². The molecule has 2 heterocycles. The second kappa shape index (κ2) is 10.5. The van der Waals surface area contributed by atoms with Crippen LogP contribution in [0.5, 0.6) is 5.75 Å². The van der Waals surface area contributed by atoms with Crippen molar-refractivity contribution in [2.45, 2.75) is 12.3 Å². The highest BCUT2D eigenvalue weighted by molar-refractivity contribution is 5.93. The zero-order valence-electron chi connectivity index (χ0n) is 20.0. The summed E-state index contributed by atoms with van der Waals surface area (Å²) in [5.74, 6) is 0.933. The third-order valence-corrected chi connectivity index (χ3v) is 5.94. The van der Waals surface area contributed by atoms with Crippen molar-refractivity contribution in [3.63, 3.8) is 0 Å². The summed E-state index contributed by atoms with van der Waals surface area (Å²) in [6, 6.07) is 13.2. The van der Waals surface area contributed by atoms with Crippen LogP contribution in [0.2, 0.25) is 0 Å². The summed E-state index contributed by atoms with van der Waals surface area (Å²) in [5.41, 5.74) is 5.20. The van der Waals surface area contributed by atoms with Crippen molar-refractivity contribution >= 4 is 23.5 Å². The lowest BCUT2D eigenvalue weighted by Gasteiger charge is -2.21. The molecular formula is C26H28N6O3. The zero-order valence-corrected chi connectivity index (χ0v) is 20.0. The Morgan fingerprint density at radius 1 is 1.29 bits per heavy atom. The lowest BCUT2D eigenvalue weighted by Crippen LogP contribution is -2.28. The van der Waals surface area contributed by atoms with Crippen LogP contribution in [0, 0.1) is 11.3 Å². The number of methoxy groups -OCH3 is 1. The number of nitrogens with zero attached hydrogens (tertiary/aromatic N) is 4. The molecule has 0 bridgehead atoms. The largest absolute Gasteiger partial charge is 0.489 e. The number of hydrogen-bond donors (Lipinski definition) is 3. The summed E-state index contributed by atoms with van der Waals surface area (Å²) >= 11 is 0. The monoisotopic (exact) mass is 472 g/mol. The van der Waals surface area contributed by atoms with Crippen LogP contribution in [-0.2, 0) is 10.2 Å². The number of nitrogens with one attached hydrogen (secondary N) is 2. The van der Waals surface area contributed by atoms with Gasteiger partial charge < -0.3 is 25.2 Å². The summed E-state index contributed by atoms with van der Waals surface area (Å²) in [6.07, 6.45) is 3.48. The molecule has 0 aliphatic carbocycles. The van der Waals surface area contributed by atoms with Gasteiger partial charge in [-0.3, -0.25) is 4.99 Å². The maximum atomic E-state index is 10.1. The molecule has 1 aliphatic heterocycles. The summed E-state index contributed by atoms with van der Waals surface area (Å²) < 4.78 is 10.9. The fraction of sp³-hybridized carbons (Fsp3) is 0.308. The third-order valence-electron chi connectivity index (χ3n) is 5.94. The van der Waals surface area contributed by atoms with Gasteiger partial charge >= 0.3 is 0 Å². The molecular weight excluding hydrogens is 444 g/mol. The van der Waals surface area contributed by atoms with Crippen molar-refractivity contribution in [2.75, 3.05) is 51.2 Å². The Kier molecular flexibility index (Phi) is 7.25. The first kappa shape index (κ1) is 24.1. The molecule has 9 nitrogen and oxygen atoms in total. The lowest BCUT2D eigenvalue weighted by atomic mass is 9.83. The SMILES string of the molecule is C/N=C\c1cc(-c2ccnc(Nc3cc(C#N)ccc3OCCOC)n2)cc2c1NC[C@]2(C)CO. The highest BCUT2D eigenvalue weighted by Crippen LogP contribution is 2.41. The maximum Gasteiger partial charge on any atom is 0.227 e. The predicted molar refractivity (Wildman–Crippen MR) is 136 cm³/mol. The van der Waals surface area contributed by atoms with Crippen molar-refractivity contribution in [3.8, 4) is 23.1 Å². The number of hydrogen-bond acceptors (Lipinski definition) is 9. The number of nitriles is 1. The molecule has 0 fully saturated rings. The summed E-state index contributed by atoms with van der Waals surface area (Å²) in [7, 11) is 3.34. The lowest BCUT2D eigenvalue weighted by molar-refractivity contribution is 0.146. The topological polar surface area (TPSA) is 125 Å². The summed E-state index contributed by atoms with van der Waals surface area (Å²) in [5, 5.41) is 26.0. The molecule has 0 radical (unpaired) electrons. The molecule has 35 heavy (non-hydrogen) atoms. The average molecular weight is 473 g/mol. The number of aliphatic hydroxyl groups is 1. The molecule has 1 aliphatic rings. The Morgan fingerprint density at radius 3 is 2.89 bits per heavy atom. The van der Waals surface area contributed by atoms with Gasteiger partial charge in [0.2, 0.25) is 5.95 Å². The van der Waals surface area contributed by atoms with E-state index in [1.165, 1.54) is 0 Å². The number of aromatic nitrogens is 2. The van der Waals surface area contributed by atoms with Crippen LogP contribution in [-0.4, -0.2) is 61.8 Å². The zero-order chi connectivity index (χ0) is 24.8. The van der Waals surface area contributed by atoms with Crippen LogP contribution >= 0.6 is 0 Å². The second-order valence-corrected chi connectivity index (χ2v) is 8.50. The minimum absolute atomic E-state index is 0.0246. The van der Waals surface area contributed by atoms with Gasteiger partial charge in [0.25, 0.3) is 0 Å². The molecule has 0 saturated heterocycles. The van der Waals surface area contributed by atoms with E-state index in [-0.39, 0.29) is 6.61 Å². The van der Waals surface area contributed by atoms with Crippen LogP contribution in [0.1, 0.15) is 23.6 Å². The van der Waals surface area contributed by atoms with E-state index >= 15 is 0 Å². The average Bonchev–Trinajstić information content (AvgIpc) is 3.22. The number of anilines is 3. The van der Waals surface area contributed by atoms with Crippen LogP contribution < -0.4 is 15.4 Å². The van der Waals surface area contributed by atoms with E-state index < -0.39 is 5.41 Å². The van der Waals surface area contributed by atoms with Gasteiger partial charge in [-0.2, -0.15) is 5.26 Å². The van der Waals surface area contributed by atoms with Crippen molar-refractivity contribution in [2.24, 2.45) is 4.99 Å². The molecule has 3 N–H and O–H groups in total. The first-order valence-electron chi connectivity index (χ1n) is 11.2. The Morgan fingerprint density at radius 2 is 2.14 bits per heavy atom. The van der Waals surface area contributed by atoms with E-state index in [2.05, 4.69) is 32.7 Å². The number of fused-ring (bicyclic) bond motifs is 1. The fourth-order valence-electron chi connectivity index (χ4n) is 4.00. The third kappa shape index (κ3) is 5.09. The quantitative estimate of drug-likeness (QED) is 0.319. The minimum Gasteiger partial charge on any atom is -0.489 e. The molecule has 0 spiro atoms. The van der Waals surface area contributed by atoms with Crippen molar-refractivity contribution in [1.29, 1.82) is 5.26 Å². The van der Waals surface area contributed by atoms with Gasteiger partial charge in [0, 0.05) is 55.3 Å². The normalized spacial score (nSPS) is 16.5. The van der Waals surface area contributed by atoms with E-state index in [9.17, 15) is 10.4 Å². The van der Waals surface area contributed by atoms with E-state index in [1.54, 1.807) is 44.8 Å². The second-order valence-electron chi connectivity index (χ2n) is 8.50. The fourth-order valence-corrected chi connectivity index (χ4v) is 4.00. The molecule has 3 aromatic rings. The highest BCUT2D eigenvalue weighted by atomic mass is 16.5. The molecule has 180 valence electrons. The molecule has 0 saturated carbocycles. The van der Waals surface area contributed by atoms with Crippen molar-refractivity contribution < 1.29 is 14.6 Å². The van der Waals surface area contributed by atoms with Gasteiger partial charge in [0.15, 0.2) is 0 Å². The number of aliphatic hydroxyl groups excluding tert-OH is 1. The number of ether oxygens (including phenoxy) is 2. The summed E-state index contributed by atoms with van der Waals surface area (Å²) in [4.78, 5) is 13.3. The van der Waals surface area contributed by atoms with Gasteiger partial charge in [0.1, 0.15) is 12.4 Å².